The minimum atomic E-state index is -1.15. The van der Waals surface area contributed by atoms with E-state index in [1.165, 1.54) is 21.0 Å². The molecule has 0 aliphatic heterocycles. The van der Waals surface area contributed by atoms with Crippen molar-refractivity contribution >= 4 is 17.9 Å². The largest absolute Gasteiger partial charge is 0.480 e. The lowest BCUT2D eigenvalue weighted by atomic mass is 10.3. The summed E-state index contributed by atoms with van der Waals surface area (Å²) in [6, 6.07) is -2.49. The third-order valence-electron chi connectivity index (χ3n) is 2.06. The normalized spacial score (nSPS) is 13.3. The Morgan fingerprint density at radius 1 is 1.17 bits per heavy atom. The maximum atomic E-state index is 11.4. The lowest BCUT2D eigenvalue weighted by Crippen LogP contribution is -2.51. The van der Waals surface area contributed by atoms with Crippen LogP contribution in [0.5, 0.6) is 0 Å². The van der Waals surface area contributed by atoms with Crippen molar-refractivity contribution in [3.8, 4) is 0 Å². The minimum Gasteiger partial charge on any atom is -0.480 e. The molecule has 0 fully saturated rings. The van der Waals surface area contributed by atoms with Gasteiger partial charge in [-0.2, -0.15) is 0 Å². The summed E-state index contributed by atoms with van der Waals surface area (Å²) >= 11 is 0. The summed E-state index contributed by atoms with van der Waals surface area (Å²) in [6.45, 7) is 3.54. The molecule has 0 saturated carbocycles. The van der Waals surface area contributed by atoms with E-state index in [2.05, 4.69) is 16.0 Å². The summed E-state index contributed by atoms with van der Waals surface area (Å²) in [5.74, 6) is -1.52. The zero-order chi connectivity index (χ0) is 14.1. The SMILES string of the molecule is COCCNC(=O)C(C)NC(=O)N[C@H](C)C(=O)O. The number of ether oxygens (including phenoxy) is 1. The summed E-state index contributed by atoms with van der Waals surface area (Å²) in [7, 11) is 1.51. The molecule has 2 atom stereocenters. The van der Waals surface area contributed by atoms with E-state index in [0.717, 1.165) is 0 Å². The maximum Gasteiger partial charge on any atom is 0.325 e. The Bertz CT molecular complexity index is 308. The van der Waals surface area contributed by atoms with Crippen LogP contribution in [0.2, 0.25) is 0 Å². The number of carboxylic acid groups (broad SMARTS) is 1. The van der Waals surface area contributed by atoms with E-state index in [1.807, 2.05) is 0 Å². The second-order valence-corrected chi connectivity index (χ2v) is 3.68. The quantitative estimate of drug-likeness (QED) is 0.434. The predicted octanol–water partition coefficient (Wildman–Crippen LogP) is -1.09. The van der Waals surface area contributed by atoms with Crippen molar-refractivity contribution in [2.45, 2.75) is 25.9 Å². The number of methoxy groups -OCH3 is 1. The van der Waals surface area contributed by atoms with Crippen LogP contribution in [0.4, 0.5) is 4.79 Å². The first-order valence-electron chi connectivity index (χ1n) is 5.45. The Morgan fingerprint density at radius 3 is 2.22 bits per heavy atom. The number of amides is 3. The summed E-state index contributed by atoms with van der Waals surface area (Å²) in [5, 5.41) is 15.6. The number of hydrogen-bond acceptors (Lipinski definition) is 4. The number of urea groups is 1. The Hall–Kier alpha value is -1.83. The van der Waals surface area contributed by atoms with Gasteiger partial charge in [-0.25, -0.2) is 4.79 Å². The molecule has 0 radical (unpaired) electrons. The fourth-order valence-electron chi connectivity index (χ4n) is 0.992. The number of rotatable bonds is 7. The molecule has 0 heterocycles. The van der Waals surface area contributed by atoms with Gasteiger partial charge < -0.3 is 25.8 Å². The smallest absolute Gasteiger partial charge is 0.325 e. The molecule has 0 spiro atoms. The highest BCUT2D eigenvalue weighted by Crippen LogP contribution is 1.85. The molecule has 0 saturated heterocycles. The summed E-state index contributed by atoms with van der Waals surface area (Å²) < 4.78 is 4.75. The van der Waals surface area contributed by atoms with Gasteiger partial charge in [0, 0.05) is 13.7 Å². The topological polar surface area (TPSA) is 117 Å². The molecule has 0 aliphatic carbocycles. The van der Waals surface area contributed by atoms with Gasteiger partial charge in [-0.3, -0.25) is 9.59 Å². The van der Waals surface area contributed by atoms with Crippen LogP contribution in [-0.4, -0.2) is 55.4 Å². The summed E-state index contributed by atoms with van der Waals surface area (Å²) in [6.07, 6.45) is 0. The van der Waals surface area contributed by atoms with Crippen LogP contribution in [0.1, 0.15) is 13.8 Å². The van der Waals surface area contributed by atoms with Gasteiger partial charge in [0.25, 0.3) is 0 Å². The molecule has 0 aliphatic rings. The number of nitrogens with one attached hydrogen (secondary N) is 3. The highest BCUT2D eigenvalue weighted by molar-refractivity contribution is 5.88. The molecule has 0 bridgehead atoms. The molecule has 18 heavy (non-hydrogen) atoms. The van der Waals surface area contributed by atoms with Gasteiger partial charge in [-0.1, -0.05) is 0 Å². The van der Waals surface area contributed by atoms with Gasteiger partial charge >= 0.3 is 12.0 Å². The molecule has 0 aromatic rings. The second kappa shape index (κ2) is 8.29. The van der Waals surface area contributed by atoms with Gasteiger partial charge in [0.2, 0.25) is 5.91 Å². The van der Waals surface area contributed by atoms with Crippen molar-refractivity contribution in [3.63, 3.8) is 0 Å². The van der Waals surface area contributed by atoms with Crippen molar-refractivity contribution in [2.75, 3.05) is 20.3 Å². The first-order chi connectivity index (χ1) is 8.38. The van der Waals surface area contributed by atoms with Crippen LogP contribution in [0.3, 0.4) is 0 Å². The van der Waals surface area contributed by atoms with E-state index >= 15 is 0 Å². The van der Waals surface area contributed by atoms with Crippen molar-refractivity contribution in [3.05, 3.63) is 0 Å². The van der Waals surface area contributed by atoms with Crippen LogP contribution < -0.4 is 16.0 Å². The summed E-state index contributed by atoms with van der Waals surface area (Å²) in [4.78, 5) is 33.3. The van der Waals surface area contributed by atoms with Gasteiger partial charge in [0.05, 0.1) is 6.61 Å². The molecule has 4 N–H and O–H groups in total. The number of carboxylic acids is 1. The molecule has 0 aromatic carbocycles. The number of carbonyl (C=O) groups excluding carboxylic acids is 2. The van der Waals surface area contributed by atoms with Crippen LogP contribution in [0.25, 0.3) is 0 Å². The Kier molecular flexibility index (Phi) is 7.45. The van der Waals surface area contributed by atoms with Gasteiger partial charge in [0.15, 0.2) is 0 Å². The zero-order valence-corrected chi connectivity index (χ0v) is 10.6. The van der Waals surface area contributed by atoms with Crippen molar-refractivity contribution in [1.82, 2.24) is 16.0 Å². The highest BCUT2D eigenvalue weighted by Gasteiger charge is 2.18. The lowest BCUT2D eigenvalue weighted by Gasteiger charge is -2.16. The van der Waals surface area contributed by atoms with Crippen LogP contribution >= 0.6 is 0 Å². The van der Waals surface area contributed by atoms with Gasteiger partial charge in [-0.15, -0.1) is 0 Å². The molecule has 0 rings (SSSR count). The maximum absolute atomic E-state index is 11.4. The fraction of sp³-hybridized carbons (Fsp3) is 0.700. The van der Waals surface area contributed by atoms with E-state index in [1.54, 1.807) is 0 Å². The zero-order valence-electron chi connectivity index (χ0n) is 10.6. The molecule has 8 heteroatoms. The average molecular weight is 261 g/mol. The van der Waals surface area contributed by atoms with E-state index in [0.29, 0.717) is 13.2 Å². The second-order valence-electron chi connectivity index (χ2n) is 3.68. The van der Waals surface area contributed by atoms with E-state index in [4.69, 9.17) is 9.84 Å². The van der Waals surface area contributed by atoms with Crippen molar-refractivity contribution in [1.29, 1.82) is 0 Å². The Labute approximate surface area is 105 Å². The fourth-order valence-corrected chi connectivity index (χ4v) is 0.992. The van der Waals surface area contributed by atoms with Crippen molar-refractivity contribution < 1.29 is 24.2 Å². The number of hydrogen-bond donors (Lipinski definition) is 4. The van der Waals surface area contributed by atoms with Gasteiger partial charge in [-0.05, 0) is 13.8 Å². The number of carbonyl (C=O) groups is 3. The number of aliphatic carboxylic acids is 1. The monoisotopic (exact) mass is 261 g/mol. The van der Waals surface area contributed by atoms with E-state index < -0.39 is 24.1 Å². The highest BCUT2D eigenvalue weighted by atomic mass is 16.5. The standard InChI is InChI=1S/C10H19N3O5/c1-6(8(14)11-4-5-18-3)12-10(17)13-7(2)9(15)16/h6-7H,4-5H2,1-3H3,(H,11,14)(H,15,16)(H2,12,13,17)/t6?,7-/m1/s1. The average Bonchev–Trinajstić information content (AvgIpc) is 2.28. The predicted molar refractivity (Wildman–Crippen MR) is 63.1 cm³/mol. The van der Waals surface area contributed by atoms with E-state index in [-0.39, 0.29) is 5.91 Å². The molecule has 104 valence electrons. The molecule has 8 nitrogen and oxygen atoms in total. The Morgan fingerprint density at radius 2 is 1.72 bits per heavy atom. The molecular weight excluding hydrogens is 242 g/mol. The summed E-state index contributed by atoms with van der Waals surface area (Å²) in [5.41, 5.74) is 0. The van der Waals surface area contributed by atoms with Crippen LogP contribution in [-0.2, 0) is 14.3 Å². The third-order valence-corrected chi connectivity index (χ3v) is 2.06. The van der Waals surface area contributed by atoms with Crippen molar-refractivity contribution in [2.24, 2.45) is 0 Å². The first-order valence-corrected chi connectivity index (χ1v) is 5.45. The molecular formula is C10H19N3O5. The van der Waals surface area contributed by atoms with Crippen LogP contribution in [0.15, 0.2) is 0 Å². The van der Waals surface area contributed by atoms with E-state index in [9.17, 15) is 14.4 Å². The minimum absolute atomic E-state index is 0.342. The molecule has 3 amide bonds. The Balaban J connectivity index is 3.99. The third kappa shape index (κ3) is 6.69. The molecule has 0 aromatic heterocycles. The van der Waals surface area contributed by atoms with Gasteiger partial charge in [0.1, 0.15) is 12.1 Å². The first kappa shape index (κ1) is 16.2. The molecule has 1 unspecified atom stereocenters. The lowest BCUT2D eigenvalue weighted by molar-refractivity contribution is -0.138. The van der Waals surface area contributed by atoms with Crippen LogP contribution in [0, 0.1) is 0 Å².